The van der Waals surface area contributed by atoms with Crippen molar-refractivity contribution in [1.29, 1.82) is 0 Å². The molecule has 0 bridgehead atoms. The first-order chi connectivity index (χ1) is 5.70. The normalized spacial score (nSPS) is 21.8. The summed E-state index contributed by atoms with van der Waals surface area (Å²) in [6.45, 7) is 3.89. The number of carbonyl (C=O) groups excluding carboxylic acids is 1. The molecule has 1 rings (SSSR count). The standard InChI is InChI=1S/C10H15NO/c1-8(2)10(12)7-9-3-5-11-6-4-9/h3,5-6,8-9H,4,7H2,1-2H3. The molecule has 0 amide bonds. The van der Waals surface area contributed by atoms with Crippen LogP contribution in [0.2, 0.25) is 0 Å². The number of ketones is 1. The lowest BCUT2D eigenvalue weighted by Gasteiger charge is -2.12. The van der Waals surface area contributed by atoms with Gasteiger partial charge in [0, 0.05) is 24.8 Å². The van der Waals surface area contributed by atoms with Crippen molar-refractivity contribution >= 4 is 12.0 Å². The zero-order valence-electron chi connectivity index (χ0n) is 7.66. The largest absolute Gasteiger partial charge is 0.299 e. The molecule has 1 atom stereocenters. The average molecular weight is 165 g/mol. The van der Waals surface area contributed by atoms with Crippen molar-refractivity contribution < 1.29 is 4.79 Å². The first kappa shape index (κ1) is 9.17. The number of nitrogens with zero attached hydrogens (tertiary/aromatic N) is 1. The molecule has 0 spiro atoms. The van der Waals surface area contributed by atoms with Crippen molar-refractivity contribution in [3.8, 4) is 0 Å². The van der Waals surface area contributed by atoms with Gasteiger partial charge in [0.25, 0.3) is 0 Å². The van der Waals surface area contributed by atoms with Gasteiger partial charge in [-0.25, -0.2) is 0 Å². The predicted molar refractivity (Wildman–Crippen MR) is 50.2 cm³/mol. The lowest BCUT2D eigenvalue weighted by atomic mass is 9.93. The van der Waals surface area contributed by atoms with E-state index in [-0.39, 0.29) is 5.92 Å². The van der Waals surface area contributed by atoms with Gasteiger partial charge in [0.1, 0.15) is 5.78 Å². The van der Waals surface area contributed by atoms with Gasteiger partial charge in [0.05, 0.1) is 0 Å². The Balaban J connectivity index is 2.37. The number of allylic oxidation sites excluding steroid dienone is 1. The van der Waals surface area contributed by atoms with E-state index in [4.69, 9.17) is 0 Å². The molecule has 2 heteroatoms. The van der Waals surface area contributed by atoms with Crippen molar-refractivity contribution in [2.24, 2.45) is 16.8 Å². The van der Waals surface area contributed by atoms with Gasteiger partial charge in [-0.15, -0.1) is 0 Å². The first-order valence-corrected chi connectivity index (χ1v) is 4.41. The molecule has 1 aliphatic rings. The molecule has 0 saturated carbocycles. The van der Waals surface area contributed by atoms with Crippen molar-refractivity contribution in [3.63, 3.8) is 0 Å². The van der Waals surface area contributed by atoms with E-state index in [1.165, 1.54) is 0 Å². The lowest BCUT2D eigenvalue weighted by Crippen LogP contribution is -2.13. The lowest BCUT2D eigenvalue weighted by molar-refractivity contribution is -0.122. The fourth-order valence-electron chi connectivity index (χ4n) is 1.15. The maximum absolute atomic E-state index is 11.3. The Kier molecular flexibility index (Phi) is 3.20. The Hall–Kier alpha value is -0.920. The van der Waals surface area contributed by atoms with Gasteiger partial charge in [0.2, 0.25) is 0 Å². The van der Waals surface area contributed by atoms with Gasteiger partial charge in [-0.1, -0.05) is 19.9 Å². The fraction of sp³-hybridized carbons (Fsp3) is 0.600. The zero-order chi connectivity index (χ0) is 8.97. The highest BCUT2D eigenvalue weighted by atomic mass is 16.1. The van der Waals surface area contributed by atoms with Gasteiger partial charge >= 0.3 is 0 Å². The summed E-state index contributed by atoms with van der Waals surface area (Å²) in [5.41, 5.74) is 0. The van der Waals surface area contributed by atoms with Gasteiger partial charge in [0.15, 0.2) is 0 Å². The summed E-state index contributed by atoms with van der Waals surface area (Å²) in [6.07, 6.45) is 7.25. The number of Topliss-reactive ketones (excluding diaryl/α,β-unsaturated/α-hetero) is 1. The highest BCUT2D eigenvalue weighted by Gasteiger charge is 2.13. The van der Waals surface area contributed by atoms with Crippen LogP contribution in [-0.2, 0) is 4.79 Å². The molecule has 2 nitrogen and oxygen atoms in total. The van der Waals surface area contributed by atoms with E-state index in [1.807, 2.05) is 26.1 Å². The Morgan fingerprint density at radius 2 is 2.42 bits per heavy atom. The van der Waals surface area contributed by atoms with Crippen molar-refractivity contribution in [3.05, 3.63) is 12.3 Å². The highest BCUT2D eigenvalue weighted by Crippen LogP contribution is 2.15. The summed E-state index contributed by atoms with van der Waals surface area (Å²) in [4.78, 5) is 15.3. The van der Waals surface area contributed by atoms with Crippen LogP contribution in [0.25, 0.3) is 0 Å². The molecule has 0 aromatic rings. The molecule has 1 aliphatic heterocycles. The molecule has 0 radical (unpaired) electrons. The molecule has 0 fully saturated rings. The van der Waals surface area contributed by atoms with Crippen LogP contribution in [0, 0.1) is 11.8 Å². The molecule has 1 heterocycles. The van der Waals surface area contributed by atoms with E-state index in [9.17, 15) is 4.79 Å². The average Bonchev–Trinajstić information content (AvgIpc) is 2.06. The van der Waals surface area contributed by atoms with Crippen molar-refractivity contribution in [2.75, 3.05) is 0 Å². The SMILES string of the molecule is CC(C)C(=O)CC1C=CN=CC1. The Morgan fingerprint density at radius 3 is 2.92 bits per heavy atom. The van der Waals surface area contributed by atoms with Gasteiger partial charge in [-0.05, 0) is 12.3 Å². The maximum atomic E-state index is 11.3. The third-order valence-electron chi connectivity index (χ3n) is 2.07. The van der Waals surface area contributed by atoms with Crippen molar-refractivity contribution in [2.45, 2.75) is 26.7 Å². The predicted octanol–water partition coefficient (Wildman–Crippen LogP) is 2.21. The third kappa shape index (κ3) is 2.61. The monoisotopic (exact) mass is 165 g/mol. The zero-order valence-corrected chi connectivity index (χ0v) is 7.66. The van der Waals surface area contributed by atoms with E-state index >= 15 is 0 Å². The molecule has 0 N–H and O–H groups in total. The molecule has 0 aliphatic carbocycles. The Labute approximate surface area is 73.4 Å². The topological polar surface area (TPSA) is 29.4 Å². The second-order valence-electron chi connectivity index (χ2n) is 3.49. The number of carbonyl (C=O) groups is 1. The molecule has 0 aromatic heterocycles. The van der Waals surface area contributed by atoms with Crippen LogP contribution in [-0.4, -0.2) is 12.0 Å². The molecular weight excluding hydrogens is 150 g/mol. The molecule has 0 saturated heterocycles. The minimum atomic E-state index is 0.164. The van der Waals surface area contributed by atoms with Crippen LogP contribution in [0.4, 0.5) is 0 Å². The van der Waals surface area contributed by atoms with Crippen LogP contribution in [0.15, 0.2) is 17.3 Å². The van der Waals surface area contributed by atoms with E-state index in [2.05, 4.69) is 4.99 Å². The van der Waals surface area contributed by atoms with E-state index < -0.39 is 0 Å². The van der Waals surface area contributed by atoms with Gasteiger partial charge in [-0.3, -0.25) is 9.79 Å². The van der Waals surface area contributed by atoms with Crippen LogP contribution in [0.3, 0.4) is 0 Å². The van der Waals surface area contributed by atoms with Gasteiger partial charge in [-0.2, -0.15) is 0 Å². The third-order valence-corrected chi connectivity index (χ3v) is 2.07. The summed E-state index contributed by atoms with van der Waals surface area (Å²) in [5, 5.41) is 0. The number of aliphatic imine (C=N–C) groups is 1. The van der Waals surface area contributed by atoms with Crippen LogP contribution in [0.1, 0.15) is 26.7 Å². The molecular formula is C10H15NO. The summed E-state index contributed by atoms with van der Waals surface area (Å²) in [5.74, 6) is 0.898. The molecule has 0 aromatic carbocycles. The Bertz CT molecular complexity index is 216. The smallest absolute Gasteiger partial charge is 0.136 e. The quantitative estimate of drug-likeness (QED) is 0.630. The summed E-state index contributed by atoms with van der Waals surface area (Å²) < 4.78 is 0. The fourth-order valence-corrected chi connectivity index (χ4v) is 1.15. The Morgan fingerprint density at radius 1 is 1.67 bits per heavy atom. The van der Waals surface area contributed by atoms with Crippen LogP contribution < -0.4 is 0 Å². The summed E-state index contributed by atoms with van der Waals surface area (Å²) in [7, 11) is 0. The molecule has 66 valence electrons. The van der Waals surface area contributed by atoms with Gasteiger partial charge < -0.3 is 0 Å². The highest BCUT2D eigenvalue weighted by molar-refractivity contribution is 5.81. The van der Waals surface area contributed by atoms with E-state index in [1.54, 1.807) is 6.20 Å². The summed E-state index contributed by atoms with van der Waals surface area (Å²) in [6, 6.07) is 0. The van der Waals surface area contributed by atoms with E-state index in [0.29, 0.717) is 18.1 Å². The van der Waals surface area contributed by atoms with Crippen molar-refractivity contribution in [1.82, 2.24) is 0 Å². The van der Waals surface area contributed by atoms with Crippen LogP contribution >= 0.6 is 0 Å². The summed E-state index contributed by atoms with van der Waals surface area (Å²) >= 11 is 0. The molecule has 1 unspecified atom stereocenters. The first-order valence-electron chi connectivity index (χ1n) is 4.41. The number of hydrogen-bond donors (Lipinski definition) is 0. The maximum Gasteiger partial charge on any atom is 0.136 e. The number of rotatable bonds is 3. The van der Waals surface area contributed by atoms with E-state index in [0.717, 1.165) is 6.42 Å². The minimum Gasteiger partial charge on any atom is -0.299 e. The number of hydrogen-bond acceptors (Lipinski definition) is 2. The second kappa shape index (κ2) is 4.19. The second-order valence-corrected chi connectivity index (χ2v) is 3.49. The van der Waals surface area contributed by atoms with Crippen LogP contribution in [0.5, 0.6) is 0 Å². The minimum absolute atomic E-state index is 0.164. The molecule has 12 heavy (non-hydrogen) atoms.